The molecule has 0 atom stereocenters. The number of rotatable bonds is 2. The first-order valence-electron chi connectivity index (χ1n) is 6.53. The Morgan fingerprint density at radius 3 is 2.35 bits per heavy atom. The summed E-state index contributed by atoms with van der Waals surface area (Å²) in [4.78, 5) is 0. The van der Waals surface area contributed by atoms with Crippen LogP contribution in [0.4, 0.5) is 0 Å². The van der Waals surface area contributed by atoms with Gasteiger partial charge >= 0.3 is 0 Å². The molecule has 92 valence electrons. The molecule has 1 aliphatic carbocycles. The van der Waals surface area contributed by atoms with Crippen molar-refractivity contribution in [2.75, 3.05) is 13.2 Å². The van der Waals surface area contributed by atoms with Crippen LogP contribution in [0.2, 0.25) is 0 Å². The van der Waals surface area contributed by atoms with Crippen LogP contribution in [0.5, 0.6) is 0 Å². The molecule has 1 saturated carbocycles. The topological polar surface area (TPSA) is 35.2 Å². The zero-order valence-corrected chi connectivity index (χ0v) is 10.7. The summed E-state index contributed by atoms with van der Waals surface area (Å²) in [5, 5.41) is 0. The second-order valence-corrected chi connectivity index (χ2v) is 5.88. The maximum atomic E-state index is 5.94. The smallest absolute Gasteiger partial charge is 0.0588 e. The maximum absolute atomic E-state index is 5.94. The van der Waals surface area contributed by atoms with Gasteiger partial charge in [-0.25, -0.2) is 0 Å². The van der Waals surface area contributed by atoms with Crippen LogP contribution >= 0.6 is 0 Å². The Hall–Kier alpha value is -0.860. The monoisotopic (exact) mass is 231 g/mol. The van der Waals surface area contributed by atoms with Gasteiger partial charge in [0.1, 0.15) is 0 Å². The van der Waals surface area contributed by atoms with Crippen LogP contribution in [0.1, 0.15) is 29.5 Å². The van der Waals surface area contributed by atoms with Gasteiger partial charge in [0.2, 0.25) is 0 Å². The second kappa shape index (κ2) is 3.82. The van der Waals surface area contributed by atoms with E-state index in [0.29, 0.717) is 6.04 Å². The highest BCUT2D eigenvalue weighted by molar-refractivity contribution is 5.37. The van der Waals surface area contributed by atoms with Crippen LogP contribution in [-0.4, -0.2) is 19.3 Å². The highest BCUT2D eigenvalue weighted by Crippen LogP contribution is 2.48. The van der Waals surface area contributed by atoms with Gasteiger partial charge in [0.05, 0.1) is 13.2 Å². The number of benzene rings is 1. The van der Waals surface area contributed by atoms with Crippen molar-refractivity contribution in [1.29, 1.82) is 0 Å². The average Bonchev–Trinajstić information content (AvgIpc) is 2.19. The fourth-order valence-electron chi connectivity index (χ4n) is 3.12. The SMILES string of the molecule is Cc1ccc(C2(C3CC(N)C3)COC2)cc1C. The molecule has 1 aliphatic heterocycles. The van der Waals surface area contributed by atoms with Crippen molar-refractivity contribution in [1.82, 2.24) is 0 Å². The summed E-state index contributed by atoms with van der Waals surface area (Å²) < 4.78 is 5.51. The van der Waals surface area contributed by atoms with Gasteiger partial charge in [-0.1, -0.05) is 18.2 Å². The first-order chi connectivity index (χ1) is 8.12. The van der Waals surface area contributed by atoms with Crippen LogP contribution in [0.25, 0.3) is 0 Å². The fourth-order valence-corrected chi connectivity index (χ4v) is 3.12. The van der Waals surface area contributed by atoms with Gasteiger partial charge in [-0.2, -0.15) is 0 Å². The molecule has 17 heavy (non-hydrogen) atoms. The number of aryl methyl sites for hydroxylation is 2. The van der Waals surface area contributed by atoms with Crippen molar-refractivity contribution in [2.24, 2.45) is 11.7 Å². The van der Waals surface area contributed by atoms with E-state index >= 15 is 0 Å². The maximum Gasteiger partial charge on any atom is 0.0588 e. The molecule has 2 aliphatic rings. The van der Waals surface area contributed by atoms with Gasteiger partial charge < -0.3 is 10.5 Å². The second-order valence-electron chi connectivity index (χ2n) is 5.88. The molecular formula is C15H21NO. The van der Waals surface area contributed by atoms with Crippen LogP contribution in [-0.2, 0) is 10.2 Å². The Morgan fingerprint density at radius 1 is 1.18 bits per heavy atom. The first-order valence-corrected chi connectivity index (χ1v) is 6.53. The van der Waals surface area contributed by atoms with Crippen LogP contribution in [0, 0.1) is 19.8 Å². The molecule has 0 bridgehead atoms. The Kier molecular flexibility index (Phi) is 2.53. The van der Waals surface area contributed by atoms with E-state index in [1.807, 2.05) is 0 Å². The van der Waals surface area contributed by atoms with E-state index in [2.05, 4.69) is 32.0 Å². The lowest BCUT2D eigenvalue weighted by Crippen LogP contribution is -2.58. The largest absolute Gasteiger partial charge is 0.379 e. The van der Waals surface area contributed by atoms with E-state index in [4.69, 9.17) is 10.5 Å². The molecule has 0 radical (unpaired) electrons. The van der Waals surface area contributed by atoms with Crippen molar-refractivity contribution in [3.63, 3.8) is 0 Å². The van der Waals surface area contributed by atoms with E-state index in [0.717, 1.165) is 32.0 Å². The quantitative estimate of drug-likeness (QED) is 0.847. The molecule has 0 unspecified atom stereocenters. The van der Waals surface area contributed by atoms with Gasteiger partial charge in [-0.3, -0.25) is 0 Å². The lowest BCUT2D eigenvalue weighted by atomic mass is 9.59. The molecule has 2 N–H and O–H groups in total. The third-order valence-corrected chi connectivity index (χ3v) is 4.76. The molecule has 1 saturated heterocycles. The van der Waals surface area contributed by atoms with E-state index < -0.39 is 0 Å². The van der Waals surface area contributed by atoms with Gasteiger partial charge in [0.15, 0.2) is 0 Å². The summed E-state index contributed by atoms with van der Waals surface area (Å²) in [7, 11) is 0. The van der Waals surface area contributed by atoms with Crippen LogP contribution in [0.3, 0.4) is 0 Å². The number of hydrogen-bond donors (Lipinski definition) is 1. The molecule has 0 aromatic heterocycles. The lowest BCUT2D eigenvalue weighted by molar-refractivity contribution is -0.111. The van der Waals surface area contributed by atoms with E-state index in [1.165, 1.54) is 16.7 Å². The Morgan fingerprint density at radius 2 is 1.88 bits per heavy atom. The number of ether oxygens (including phenoxy) is 1. The molecular weight excluding hydrogens is 210 g/mol. The minimum Gasteiger partial charge on any atom is -0.379 e. The van der Waals surface area contributed by atoms with E-state index in [9.17, 15) is 0 Å². The summed E-state index contributed by atoms with van der Waals surface area (Å²) in [5.74, 6) is 0.730. The number of hydrogen-bond acceptors (Lipinski definition) is 2. The highest BCUT2D eigenvalue weighted by Gasteiger charge is 2.51. The van der Waals surface area contributed by atoms with Gasteiger partial charge in [-0.15, -0.1) is 0 Å². The van der Waals surface area contributed by atoms with Crippen molar-refractivity contribution in [3.05, 3.63) is 34.9 Å². The summed E-state index contributed by atoms with van der Waals surface area (Å²) in [6, 6.07) is 7.30. The van der Waals surface area contributed by atoms with Gasteiger partial charge in [-0.05, 0) is 49.3 Å². The molecule has 1 aromatic carbocycles. The van der Waals surface area contributed by atoms with Crippen molar-refractivity contribution < 1.29 is 4.74 Å². The number of nitrogens with two attached hydrogens (primary N) is 1. The Bertz CT molecular complexity index is 431. The molecule has 2 heteroatoms. The van der Waals surface area contributed by atoms with Gasteiger partial charge in [0, 0.05) is 11.5 Å². The molecule has 0 amide bonds. The zero-order valence-electron chi connectivity index (χ0n) is 10.7. The highest BCUT2D eigenvalue weighted by atomic mass is 16.5. The summed E-state index contributed by atoms with van der Waals surface area (Å²) >= 11 is 0. The Balaban J connectivity index is 1.91. The van der Waals surface area contributed by atoms with Crippen LogP contribution in [0.15, 0.2) is 18.2 Å². The predicted octanol–water partition coefficient (Wildman–Crippen LogP) is 2.31. The molecule has 2 fully saturated rings. The normalized spacial score (nSPS) is 30.5. The first kappa shape index (κ1) is 11.2. The fraction of sp³-hybridized carbons (Fsp3) is 0.600. The van der Waals surface area contributed by atoms with E-state index in [-0.39, 0.29) is 5.41 Å². The molecule has 3 rings (SSSR count). The third kappa shape index (κ3) is 1.62. The summed E-state index contributed by atoms with van der Waals surface area (Å²) in [6.45, 7) is 6.13. The van der Waals surface area contributed by atoms with Crippen molar-refractivity contribution >= 4 is 0 Å². The minimum atomic E-state index is 0.272. The summed E-state index contributed by atoms with van der Waals surface area (Å²) in [6.07, 6.45) is 2.33. The third-order valence-electron chi connectivity index (χ3n) is 4.76. The molecule has 1 heterocycles. The standard InChI is InChI=1S/C15H21NO/c1-10-3-4-12(5-11(10)2)15(8-17-9-15)13-6-14(16)7-13/h3-5,13-14H,6-9,16H2,1-2H3. The molecule has 0 spiro atoms. The van der Waals surface area contributed by atoms with Crippen molar-refractivity contribution in [2.45, 2.75) is 38.1 Å². The van der Waals surface area contributed by atoms with Gasteiger partial charge in [0.25, 0.3) is 0 Å². The lowest BCUT2D eigenvalue weighted by Gasteiger charge is -2.53. The predicted molar refractivity (Wildman–Crippen MR) is 69.1 cm³/mol. The Labute approximate surface area is 103 Å². The van der Waals surface area contributed by atoms with Crippen LogP contribution < -0.4 is 5.73 Å². The van der Waals surface area contributed by atoms with E-state index in [1.54, 1.807) is 0 Å². The molecule has 1 aromatic rings. The van der Waals surface area contributed by atoms with Crippen molar-refractivity contribution in [3.8, 4) is 0 Å². The molecule has 2 nitrogen and oxygen atoms in total. The summed E-state index contributed by atoms with van der Waals surface area (Å²) in [5.41, 5.74) is 10.4. The average molecular weight is 231 g/mol. The zero-order chi connectivity index (χ0) is 12.0. The minimum absolute atomic E-state index is 0.272.